The molecule has 1 aromatic heterocycles. The molecule has 2 aromatic carbocycles. The first-order chi connectivity index (χ1) is 22.4. The molecule has 1 saturated carbocycles. The fraction of sp³-hybridized carbons (Fsp3) is 0.472. The molecule has 3 heterocycles. The molecule has 248 valence electrons. The summed E-state index contributed by atoms with van der Waals surface area (Å²) in [6.07, 6.45) is 6.34. The van der Waals surface area contributed by atoms with E-state index >= 15 is 0 Å². The molecule has 2 fully saturated rings. The topological polar surface area (TPSA) is 147 Å². The third-order valence-electron chi connectivity index (χ3n) is 9.16. The standard InChI is InChI=1S/C36H42N4O7/c1-35(2,3)47-34(45)38-28-18-8-6-4-5-7-13-22-20-36(22,33(43)44)39-30(41)29-19-23(21-40(29)32(28)42)46-31-26-16-10-9-14-24(26)25-15-11-12-17-27(25)37-31/h7,9-17,22-23,28-29H,4-6,8,18-21H2,1-3H3,(H,38,45)(H,39,41)(H,43,44)/b13-7-/t22-,23-,28+,29+,36-/m1/s1. The quantitative estimate of drug-likeness (QED) is 0.263. The predicted octanol–water partition coefficient (Wildman–Crippen LogP) is 5.11. The Morgan fingerprint density at radius 1 is 1.02 bits per heavy atom. The molecule has 0 unspecified atom stereocenters. The molecule has 3 aromatic rings. The third kappa shape index (κ3) is 6.89. The van der Waals surface area contributed by atoms with E-state index in [1.807, 2.05) is 60.7 Å². The van der Waals surface area contributed by atoms with Gasteiger partial charge in [0.1, 0.15) is 29.3 Å². The summed E-state index contributed by atoms with van der Waals surface area (Å²) < 4.78 is 12.0. The summed E-state index contributed by atoms with van der Waals surface area (Å²) in [6.45, 7) is 5.29. The molecule has 0 bridgehead atoms. The van der Waals surface area contributed by atoms with Gasteiger partial charge in [0.25, 0.3) is 0 Å². The second-order valence-electron chi connectivity index (χ2n) is 13.8. The van der Waals surface area contributed by atoms with Gasteiger partial charge in [-0.15, -0.1) is 0 Å². The van der Waals surface area contributed by atoms with Crippen molar-refractivity contribution in [2.75, 3.05) is 6.54 Å². The highest BCUT2D eigenvalue weighted by Crippen LogP contribution is 2.45. The van der Waals surface area contributed by atoms with E-state index < -0.39 is 53.2 Å². The number of alkyl carbamates (subject to hydrolysis) is 1. The predicted molar refractivity (Wildman–Crippen MR) is 176 cm³/mol. The Balaban J connectivity index is 1.33. The van der Waals surface area contributed by atoms with Crippen molar-refractivity contribution >= 4 is 45.6 Å². The van der Waals surface area contributed by atoms with Crippen LogP contribution in [0, 0.1) is 5.92 Å². The summed E-state index contributed by atoms with van der Waals surface area (Å²) in [7, 11) is 0. The number of aliphatic carboxylic acids is 1. The van der Waals surface area contributed by atoms with Crippen LogP contribution in [-0.2, 0) is 19.1 Å². The number of benzene rings is 2. The Morgan fingerprint density at radius 2 is 1.74 bits per heavy atom. The zero-order valence-electron chi connectivity index (χ0n) is 27.0. The van der Waals surface area contributed by atoms with Crippen molar-refractivity contribution < 1.29 is 33.8 Å². The molecule has 0 radical (unpaired) electrons. The number of hydrogen-bond donors (Lipinski definition) is 3. The molecular formula is C36H42N4O7. The van der Waals surface area contributed by atoms with Gasteiger partial charge in [0, 0.05) is 23.1 Å². The number of allylic oxidation sites excluding steroid dienone is 1. The number of fused-ring (bicyclic) bond motifs is 5. The molecule has 5 atom stereocenters. The first kappa shape index (κ1) is 32.3. The highest BCUT2D eigenvalue weighted by molar-refractivity contribution is 6.07. The van der Waals surface area contributed by atoms with Gasteiger partial charge in [0.05, 0.1) is 12.1 Å². The molecule has 1 aliphatic carbocycles. The van der Waals surface area contributed by atoms with Gasteiger partial charge < -0.3 is 30.1 Å². The Bertz CT molecular complexity index is 1730. The van der Waals surface area contributed by atoms with Gasteiger partial charge >= 0.3 is 12.1 Å². The number of carboxylic acid groups (broad SMARTS) is 1. The molecule has 11 heteroatoms. The van der Waals surface area contributed by atoms with E-state index in [1.165, 1.54) is 4.90 Å². The number of rotatable bonds is 4. The number of carbonyl (C=O) groups is 4. The maximum atomic E-state index is 14.3. The maximum Gasteiger partial charge on any atom is 0.408 e. The van der Waals surface area contributed by atoms with Crippen molar-refractivity contribution in [2.45, 2.75) is 95.0 Å². The first-order valence-electron chi connectivity index (χ1n) is 16.4. The van der Waals surface area contributed by atoms with Crippen molar-refractivity contribution in [1.29, 1.82) is 0 Å². The average molecular weight is 643 g/mol. The molecule has 2 aliphatic heterocycles. The Kier molecular flexibility index (Phi) is 8.82. The number of pyridine rings is 1. The van der Waals surface area contributed by atoms with Crippen LogP contribution >= 0.6 is 0 Å². The van der Waals surface area contributed by atoms with Gasteiger partial charge in [-0.2, -0.15) is 0 Å². The summed E-state index contributed by atoms with van der Waals surface area (Å²) in [6, 6.07) is 13.6. The van der Waals surface area contributed by atoms with Crippen LogP contribution in [0.2, 0.25) is 0 Å². The Hall–Kier alpha value is -4.67. The molecule has 3 N–H and O–H groups in total. The number of hydrogen-bond acceptors (Lipinski definition) is 7. The van der Waals surface area contributed by atoms with Crippen LogP contribution in [0.1, 0.15) is 65.7 Å². The minimum atomic E-state index is -1.42. The number of ether oxygens (including phenoxy) is 2. The number of amides is 3. The van der Waals surface area contributed by atoms with E-state index in [9.17, 15) is 24.3 Å². The van der Waals surface area contributed by atoms with Gasteiger partial charge in [-0.05, 0) is 64.0 Å². The Labute approximate surface area is 273 Å². The summed E-state index contributed by atoms with van der Waals surface area (Å²) >= 11 is 0. The lowest BCUT2D eigenvalue weighted by Crippen LogP contribution is -2.56. The number of aromatic nitrogens is 1. The zero-order valence-corrected chi connectivity index (χ0v) is 27.0. The zero-order chi connectivity index (χ0) is 33.3. The van der Waals surface area contributed by atoms with Crippen molar-refractivity contribution in [1.82, 2.24) is 20.5 Å². The molecule has 6 rings (SSSR count). The second kappa shape index (κ2) is 12.8. The molecule has 11 nitrogen and oxygen atoms in total. The van der Waals surface area contributed by atoms with Gasteiger partial charge in [0.15, 0.2) is 0 Å². The lowest BCUT2D eigenvalue weighted by molar-refractivity contribution is -0.145. The minimum absolute atomic E-state index is 0.0512. The van der Waals surface area contributed by atoms with Crippen LogP contribution in [0.25, 0.3) is 21.7 Å². The van der Waals surface area contributed by atoms with Crippen LogP contribution in [0.3, 0.4) is 0 Å². The molecular weight excluding hydrogens is 600 g/mol. The summed E-state index contributed by atoms with van der Waals surface area (Å²) in [5.74, 6) is -2.06. The van der Waals surface area contributed by atoms with Gasteiger partial charge in [-0.3, -0.25) is 9.59 Å². The molecule has 3 amide bonds. The maximum absolute atomic E-state index is 14.3. The average Bonchev–Trinajstić information content (AvgIpc) is 3.56. The van der Waals surface area contributed by atoms with Crippen LogP contribution in [0.4, 0.5) is 4.79 Å². The van der Waals surface area contributed by atoms with Crippen molar-refractivity contribution in [3.8, 4) is 5.88 Å². The van der Waals surface area contributed by atoms with Crippen molar-refractivity contribution in [3.63, 3.8) is 0 Å². The number of para-hydroxylation sites is 1. The highest BCUT2D eigenvalue weighted by Gasteiger charge is 2.61. The van der Waals surface area contributed by atoms with E-state index in [1.54, 1.807) is 20.8 Å². The van der Waals surface area contributed by atoms with E-state index in [4.69, 9.17) is 14.5 Å². The van der Waals surface area contributed by atoms with E-state index in [-0.39, 0.29) is 25.3 Å². The van der Waals surface area contributed by atoms with Crippen LogP contribution in [0.5, 0.6) is 5.88 Å². The van der Waals surface area contributed by atoms with Crippen molar-refractivity contribution in [3.05, 3.63) is 60.7 Å². The number of carbonyl (C=O) groups excluding carboxylic acids is 3. The smallest absolute Gasteiger partial charge is 0.408 e. The number of nitrogens with one attached hydrogen (secondary N) is 2. The fourth-order valence-electron chi connectivity index (χ4n) is 6.72. The Morgan fingerprint density at radius 3 is 2.49 bits per heavy atom. The molecule has 47 heavy (non-hydrogen) atoms. The number of nitrogens with zero attached hydrogens (tertiary/aromatic N) is 2. The van der Waals surface area contributed by atoms with E-state index in [0.717, 1.165) is 40.9 Å². The fourth-order valence-corrected chi connectivity index (χ4v) is 6.72. The summed E-state index contributed by atoms with van der Waals surface area (Å²) in [5, 5.41) is 18.4. The van der Waals surface area contributed by atoms with Gasteiger partial charge in [-0.1, -0.05) is 61.4 Å². The lowest BCUT2D eigenvalue weighted by atomic mass is 10.0. The highest BCUT2D eigenvalue weighted by atomic mass is 16.6. The largest absolute Gasteiger partial charge is 0.479 e. The van der Waals surface area contributed by atoms with Crippen LogP contribution in [0.15, 0.2) is 60.7 Å². The summed E-state index contributed by atoms with van der Waals surface area (Å²) in [5.41, 5.74) is -1.44. The molecule has 1 saturated heterocycles. The van der Waals surface area contributed by atoms with Crippen molar-refractivity contribution in [2.24, 2.45) is 5.92 Å². The SMILES string of the molecule is CC(C)(C)OC(=O)N[C@H]1CCCCC/C=C\[C@@H]2C[C@@]2(C(=O)O)NC(=O)[C@@H]2C[C@@H](Oc3nc4ccccc4c4ccccc34)CN2C1=O. The van der Waals surface area contributed by atoms with Gasteiger partial charge in [-0.25, -0.2) is 14.6 Å². The first-order valence-corrected chi connectivity index (χ1v) is 16.4. The van der Waals surface area contributed by atoms with Crippen LogP contribution in [-0.4, -0.2) is 74.7 Å². The number of carboxylic acids is 1. The molecule has 3 aliphatic rings. The van der Waals surface area contributed by atoms with Crippen LogP contribution < -0.4 is 15.4 Å². The van der Waals surface area contributed by atoms with E-state index in [0.29, 0.717) is 18.7 Å². The normalized spacial score (nSPS) is 27.5. The second-order valence-corrected chi connectivity index (χ2v) is 13.8. The lowest BCUT2D eigenvalue weighted by Gasteiger charge is -2.30. The van der Waals surface area contributed by atoms with Gasteiger partial charge in [0.2, 0.25) is 17.7 Å². The minimum Gasteiger partial charge on any atom is -0.479 e. The third-order valence-corrected chi connectivity index (χ3v) is 9.16. The molecule has 0 spiro atoms. The van der Waals surface area contributed by atoms with E-state index in [2.05, 4.69) is 10.6 Å². The monoisotopic (exact) mass is 642 g/mol. The summed E-state index contributed by atoms with van der Waals surface area (Å²) in [4.78, 5) is 59.7.